The van der Waals surface area contributed by atoms with Gasteiger partial charge < -0.3 is 14.8 Å². The van der Waals surface area contributed by atoms with E-state index in [9.17, 15) is 13.6 Å². The summed E-state index contributed by atoms with van der Waals surface area (Å²) in [6.07, 6.45) is -0.958. The normalized spacial score (nSPS) is 11.6. The summed E-state index contributed by atoms with van der Waals surface area (Å²) >= 11 is 0. The van der Waals surface area contributed by atoms with Crippen molar-refractivity contribution in [2.75, 3.05) is 13.2 Å². The highest BCUT2D eigenvalue weighted by Gasteiger charge is 2.16. The highest BCUT2D eigenvalue weighted by Crippen LogP contribution is 2.19. The first-order chi connectivity index (χ1) is 14.0. The van der Waals surface area contributed by atoms with Crippen molar-refractivity contribution in [3.63, 3.8) is 0 Å². The molecule has 1 N–H and O–H groups in total. The summed E-state index contributed by atoms with van der Waals surface area (Å²) in [6.45, 7) is 1.83. The zero-order valence-corrected chi connectivity index (χ0v) is 15.6. The molecule has 150 valence electrons. The standard InChI is InChI=1S/C21H19F2N3O3/c1-14(29-19-9-7-16(22)13-17(19)23)21(27)24-11-12-28-20-10-8-18(25-26-20)15-5-3-2-4-6-15/h2-10,13-14H,11-12H2,1H3,(H,24,27). The van der Waals surface area contributed by atoms with Gasteiger partial charge in [0, 0.05) is 17.7 Å². The van der Waals surface area contributed by atoms with Gasteiger partial charge in [0.1, 0.15) is 12.4 Å². The Morgan fingerprint density at radius 2 is 1.86 bits per heavy atom. The quantitative estimate of drug-likeness (QED) is 0.588. The number of benzene rings is 2. The van der Waals surface area contributed by atoms with Gasteiger partial charge in [-0.1, -0.05) is 30.3 Å². The van der Waals surface area contributed by atoms with E-state index in [0.717, 1.165) is 23.4 Å². The van der Waals surface area contributed by atoms with Gasteiger partial charge in [0.05, 0.1) is 12.2 Å². The van der Waals surface area contributed by atoms with E-state index in [1.165, 1.54) is 6.92 Å². The summed E-state index contributed by atoms with van der Waals surface area (Å²) in [7, 11) is 0. The average Bonchev–Trinajstić information content (AvgIpc) is 2.74. The lowest BCUT2D eigenvalue weighted by atomic mass is 10.1. The molecule has 8 heteroatoms. The number of halogens is 2. The van der Waals surface area contributed by atoms with Gasteiger partial charge in [0.2, 0.25) is 5.88 Å². The Balaban J connectivity index is 1.42. The summed E-state index contributed by atoms with van der Waals surface area (Å²) in [5.41, 5.74) is 1.68. The number of nitrogens with one attached hydrogen (secondary N) is 1. The Morgan fingerprint density at radius 3 is 2.55 bits per heavy atom. The van der Waals surface area contributed by atoms with Crippen LogP contribution in [-0.2, 0) is 4.79 Å². The van der Waals surface area contributed by atoms with Gasteiger partial charge in [-0.2, -0.15) is 0 Å². The van der Waals surface area contributed by atoms with E-state index >= 15 is 0 Å². The first-order valence-electron chi connectivity index (χ1n) is 8.94. The number of hydrogen-bond donors (Lipinski definition) is 1. The number of nitrogens with zero attached hydrogens (tertiary/aromatic N) is 2. The zero-order valence-electron chi connectivity index (χ0n) is 15.6. The Morgan fingerprint density at radius 1 is 1.07 bits per heavy atom. The van der Waals surface area contributed by atoms with Crippen LogP contribution in [0.3, 0.4) is 0 Å². The SMILES string of the molecule is CC(Oc1ccc(F)cc1F)C(=O)NCCOc1ccc(-c2ccccc2)nn1. The van der Waals surface area contributed by atoms with Crippen molar-refractivity contribution >= 4 is 5.91 Å². The third kappa shape index (κ3) is 5.71. The van der Waals surface area contributed by atoms with Crippen molar-refractivity contribution in [3.05, 3.63) is 72.3 Å². The van der Waals surface area contributed by atoms with Crippen molar-refractivity contribution < 1.29 is 23.0 Å². The van der Waals surface area contributed by atoms with Crippen LogP contribution in [0.25, 0.3) is 11.3 Å². The molecule has 3 aromatic rings. The molecule has 0 aliphatic heterocycles. The summed E-state index contributed by atoms with van der Waals surface area (Å²) in [5, 5.41) is 10.7. The molecular formula is C21H19F2N3O3. The first kappa shape index (κ1) is 20.2. The van der Waals surface area contributed by atoms with E-state index in [-0.39, 0.29) is 18.9 Å². The smallest absolute Gasteiger partial charge is 0.260 e. The fourth-order valence-corrected chi connectivity index (χ4v) is 2.45. The van der Waals surface area contributed by atoms with Gasteiger partial charge >= 0.3 is 0 Å². The van der Waals surface area contributed by atoms with E-state index in [2.05, 4.69) is 15.5 Å². The predicted octanol–water partition coefficient (Wildman–Crippen LogP) is 3.38. The zero-order chi connectivity index (χ0) is 20.6. The largest absolute Gasteiger partial charge is 0.478 e. The minimum absolute atomic E-state index is 0.169. The average molecular weight is 399 g/mol. The van der Waals surface area contributed by atoms with Gasteiger partial charge in [-0.3, -0.25) is 4.79 Å². The van der Waals surface area contributed by atoms with Crippen LogP contribution < -0.4 is 14.8 Å². The number of carbonyl (C=O) groups excluding carboxylic acids is 1. The third-order valence-corrected chi connectivity index (χ3v) is 3.93. The van der Waals surface area contributed by atoms with E-state index in [1.807, 2.05) is 30.3 Å². The maximum atomic E-state index is 13.6. The number of amides is 1. The van der Waals surface area contributed by atoms with E-state index < -0.39 is 23.6 Å². The Labute approximate surface area is 166 Å². The molecule has 0 spiro atoms. The lowest BCUT2D eigenvalue weighted by Crippen LogP contribution is -2.38. The molecule has 29 heavy (non-hydrogen) atoms. The van der Waals surface area contributed by atoms with Crippen molar-refractivity contribution in [3.8, 4) is 22.9 Å². The molecule has 0 aliphatic rings. The summed E-state index contributed by atoms with van der Waals surface area (Å²) in [6, 6.07) is 16.0. The van der Waals surface area contributed by atoms with Crippen LogP contribution >= 0.6 is 0 Å². The molecule has 0 saturated heterocycles. The van der Waals surface area contributed by atoms with Gasteiger partial charge in [-0.15, -0.1) is 10.2 Å². The Bertz CT molecular complexity index is 953. The number of hydrogen-bond acceptors (Lipinski definition) is 5. The maximum Gasteiger partial charge on any atom is 0.260 e. The van der Waals surface area contributed by atoms with Gasteiger partial charge in [-0.25, -0.2) is 8.78 Å². The van der Waals surface area contributed by atoms with Crippen LogP contribution in [0.1, 0.15) is 6.92 Å². The molecule has 0 bridgehead atoms. The highest BCUT2D eigenvalue weighted by molar-refractivity contribution is 5.80. The molecule has 2 aromatic carbocycles. The molecule has 0 fully saturated rings. The molecule has 0 saturated carbocycles. The van der Waals surface area contributed by atoms with Crippen molar-refractivity contribution in [1.82, 2.24) is 15.5 Å². The second-order valence-corrected chi connectivity index (χ2v) is 6.10. The second-order valence-electron chi connectivity index (χ2n) is 6.10. The van der Waals surface area contributed by atoms with E-state index in [4.69, 9.17) is 9.47 Å². The van der Waals surface area contributed by atoms with Crippen molar-refractivity contribution in [1.29, 1.82) is 0 Å². The highest BCUT2D eigenvalue weighted by atomic mass is 19.1. The van der Waals surface area contributed by atoms with Crippen molar-refractivity contribution in [2.45, 2.75) is 13.0 Å². The first-order valence-corrected chi connectivity index (χ1v) is 8.94. The minimum atomic E-state index is -0.958. The number of rotatable bonds is 8. The lowest BCUT2D eigenvalue weighted by molar-refractivity contribution is -0.127. The molecular weight excluding hydrogens is 380 g/mol. The van der Waals surface area contributed by atoms with Crippen LogP contribution in [0, 0.1) is 11.6 Å². The maximum absolute atomic E-state index is 13.6. The summed E-state index contributed by atoms with van der Waals surface area (Å²) < 4.78 is 37.1. The van der Waals surface area contributed by atoms with Crippen LogP contribution in [0.2, 0.25) is 0 Å². The Kier molecular flexibility index (Phi) is 6.67. The van der Waals surface area contributed by atoms with Crippen molar-refractivity contribution in [2.24, 2.45) is 0 Å². The molecule has 0 radical (unpaired) electrons. The van der Waals surface area contributed by atoms with Gasteiger partial charge in [0.15, 0.2) is 17.7 Å². The van der Waals surface area contributed by atoms with Crippen LogP contribution in [0.15, 0.2) is 60.7 Å². The fourth-order valence-electron chi connectivity index (χ4n) is 2.45. The molecule has 1 unspecified atom stereocenters. The third-order valence-electron chi connectivity index (χ3n) is 3.93. The Hall–Kier alpha value is -3.55. The molecule has 6 nitrogen and oxygen atoms in total. The lowest BCUT2D eigenvalue weighted by Gasteiger charge is -2.15. The molecule has 1 aromatic heterocycles. The fraction of sp³-hybridized carbons (Fsp3) is 0.190. The number of carbonyl (C=O) groups is 1. The monoisotopic (exact) mass is 399 g/mol. The molecule has 3 rings (SSSR count). The molecule has 1 atom stereocenters. The van der Waals surface area contributed by atoms with Gasteiger partial charge in [0.25, 0.3) is 5.91 Å². The molecule has 0 aliphatic carbocycles. The number of ether oxygens (including phenoxy) is 2. The second kappa shape index (κ2) is 9.59. The molecule has 1 amide bonds. The predicted molar refractivity (Wildman–Crippen MR) is 102 cm³/mol. The summed E-state index contributed by atoms with van der Waals surface area (Å²) in [4.78, 5) is 12.0. The van der Waals surface area contributed by atoms with E-state index in [0.29, 0.717) is 11.9 Å². The van der Waals surface area contributed by atoms with Crippen LogP contribution in [-0.4, -0.2) is 35.4 Å². The van der Waals surface area contributed by atoms with Gasteiger partial charge in [-0.05, 0) is 25.1 Å². The minimum Gasteiger partial charge on any atom is -0.478 e. The summed E-state index contributed by atoms with van der Waals surface area (Å²) in [5.74, 6) is -1.91. The molecule has 1 heterocycles. The number of aromatic nitrogens is 2. The van der Waals surface area contributed by atoms with Crippen LogP contribution in [0.5, 0.6) is 11.6 Å². The topological polar surface area (TPSA) is 73.3 Å². The van der Waals surface area contributed by atoms with E-state index in [1.54, 1.807) is 12.1 Å². The van der Waals surface area contributed by atoms with Crippen LogP contribution in [0.4, 0.5) is 8.78 Å².